The van der Waals surface area contributed by atoms with Crippen LogP contribution in [0.2, 0.25) is 0 Å². The molecule has 2 aromatic carbocycles. The lowest BCUT2D eigenvalue weighted by Gasteiger charge is -2.14. The second-order valence-corrected chi connectivity index (χ2v) is 5.53. The highest BCUT2D eigenvalue weighted by Gasteiger charge is 2.19. The number of hydrogen-bond donors (Lipinski definition) is 3. The fourth-order valence-corrected chi connectivity index (χ4v) is 2.04. The molecular formula is C20H20O4. The summed E-state index contributed by atoms with van der Waals surface area (Å²) in [5, 5.41) is 27.1. The van der Waals surface area contributed by atoms with Gasteiger partial charge in [-0.15, -0.1) is 0 Å². The van der Waals surface area contributed by atoms with Crippen LogP contribution in [-0.2, 0) is 6.42 Å². The highest BCUT2D eigenvalue weighted by Crippen LogP contribution is 2.13. The fraction of sp³-hybridized carbons (Fsp3) is 0.150. The molecule has 0 amide bonds. The summed E-state index contributed by atoms with van der Waals surface area (Å²) >= 11 is 0. The van der Waals surface area contributed by atoms with Gasteiger partial charge in [0, 0.05) is 11.1 Å². The molecule has 2 rings (SSSR count). The predicted octanol–water partition coefficient (Wildman–Crippen LogP) is 2.70. The number of benzene rings is 2. The number of carbonyl (C=O) groups is 1. The average molecular weight is 324 g/mol. The first-order valence-corrected chi connectivity index (χ1v) is 7.57. The highest BCUT2D eigenvalue weighted by atomic mass is 16.7. The summed E-state index contributed by atoms with van der Waals surface area (Å²) in [5.74, 6) is -2.83. The minimum absolute atomic E-state index is 0.0524. The monoisotopic (exact) mass is 324 g/mol. The quantitative estimate of drug-likeness (QED) is 0.330. The van der Waals surface area contributed by atoms with E-state index >= 15 is 0 Å². The van der Waals surface area contributed by atoms with Crippen molar-refractivity contribution < 1.29 is 20.1 Å². The molecule has 4 nitrogen and oxygen atoms in total. The maximum atomic E-state index is 12.0. The van der Waals surface area contributed by atoms with Gasteiger partial charge in [-0.3, -0.25) is 4.79 Å². The van der Waals surface area contributed by atoms with Crippen molar-refractivity contribution in [1.29, 1.82) is 0 Å². The van der Waals surface area contributed by atoms with Gasteiger partial charge in [-0.25, -0.2) is 0 Å². The molecule has 0 heterocycles. The van der Waals surface area contributed by atoms with E-state index in [0.29, 0.717) is 12.0 Å². The van der Waals surface area contributed by atoms with Crippen molar-refractivity contribution in [2.24, 2.45) is 0 Å². The Morgan fingerprint density at radius 1 is 1.00 bits per heavy atom. The van der Waals surface area contributed by atoms with Crippen LogP contribution in [0.15, 0.2) is 72.3 Å². The molecule has 0 unspecified atom stereocenters. The van der Waals surface area contributed by atoms with Crippen molar-refractivity contribution in [3.8, 4) is 0 Å². The topological polar surface area (TPSA) is 77.8 Å². The molecule has 24 heavy (non-hydrogen) atoms. The first kappa shape index (κ1) is 17.8. The van der Waals surface area contributed by atoms with Crippen molar-refractivity contribution in [2.45, 2.75) is 19.3 Å². The Kier molecular flexibility index (Phi) is 5.82. The van der Waals surface area contributed by atoms with Crippen LogP contribution in [-0.4, -0.2) is 27.1 Å². The molecule has 2 aromatic rings. The molecule has 0 radical (unpaired) electrons. The minimum Gasteiger partial charge on any atom is -0.340 e. The third kappa shape index (κ3) is 5.28. The predicted molar refractivity (Wildman–Crippen MR) is 93.1 cm³/mol. The van der Waals surface area contributed by atoms with Crippen LogP contribution in [0, 0.1) is 0 Å². The Balaban J connectivity index is 2.00. The van der Waals surface area contributed by atoms with Gasteiger partial charge in [0.25, 0.3) is 5.97 Å². The van der Waals surface area contributed by atoms with E-state index in [0.717, 1.165) is 11.1 Å². The zero-order valence-electron chi connectivity index (χ0n) is 13.4. The summed E-state index contributed by atoms with van der Waals surface area (Å²) in [6.07, 6.45) is 5.29. The normalized spacial score (nSPS) is 12.6. The van der Waals surface area contributed by atoms with Gasteiger partial charge >= 0.3 is 0 Å². The zero-order valence-corrected chi connectivity index (χ0v) is 13.4. The van der Waals surface area contributed by atoms with E-state index < -0.39 is 5.97 Å². The van der Waals surface area contributed by atoms with Crippen LogP contribution in [0.25, 0.3) is 6.08 Å². The number of allylic oxidation sites excluding steroid dienone is 2. The van der Waals surface area contributed by atoms with Gasteiger partial charge < -0.3 is 15.3 Å². The molecule has 0 spiro atoms. The number of rotatable bonds is 6. The smallest absolute Gasteiger partial charge is 0.299 e. The van der Waals surface area contributed by atoms with E-state index in [4.69, 9.17) is 15.3 Å². The van der Waals surface area contributed by atoms with Crippen molar-refractivity contribution >= 4 is 11.9 Å². The van der Waals surface area contributed by atoms with Crippen LogP contribution in [0.3, 0.4) is 0 Å². The maximum Gasteiger partial charge on any atom is 0.299 e. The molecular weight excluding hydrogens is 304 g/mol. The minimum atomic E-state index is -2.78. The van der Waals surface area contributed by atoms with Gasteiger partial charge in [0.1, 0.15) is 0 Å². The van der Waals surface area contributed by atoms with Crippen molar-refractivity contribution in [2.75, 3.05) is 0 Å². The summed E-state index contributed by atoms with van der Waals surface area (Å²) in [6, 6.07) is 16.6. The molecule has 0 aliphatic rings. The summed E-state index contributed by atoms with van der Waals surface area (Å²) in [5.41, 5.74) is 2.56. The Bertz CT molecular complexity index is 735. The lowest BCUT2D eigenvalue weighted by molar-refractivity contribution is -0.281. The molecule has 4 heteroatoms. The van der Waals surface area contributed by atoms with Crippen LogP contribution in [0.5, 0.6) is 0 Å². The summed E-state index contributed by atoms with van der Waals surface area (Å²) < 4.78 is 0. The number of ketones is 1. The third-order valence-corrected chi connectivity index (χ3v) is 3.64. The lowest BCUT2D eigenvalue weighted by atomic mass is 10.1. The van der Waals surface area contributed by atoms with Crippen LogP contribution >= 0.6 is 0 Å². The fourth-order valence-electron chi connectivity index (χ4n) is 2.04. The molecule has 0 saturated carbocycles. The number of carbonyl (C=O) groups excluding carboxylic acids is 1. The zero-order chi connectivity index (χ0) is 17.6. The Hall–Kier alpha value is -2.53. The van der Waals surface area contributed by atoms with E-state index in [2.05, 4.69) is 0 Å². The van der Waals surface area contributed by atoms with Crippen molar-refractivity contribution in [3.63, 3.8) is 0 Å². The van der Waals surface area contributed by atoms with E-state index in [1.54, 1.807) is 24.3 Å². The van der Waals surface area contributed by atoms with Gasteiger partial charge in [-0.2, -0.15) is 0 Å². The Morgan fingerprint density at radius 3 is 2.21 bits per heavy atom. The van der Waals surface area contributed by atoms with Crippen LogP contribution in [0.1, 0.15) is 28.4 Å². The number of hydrogen-bond acceptors (Lipinski definition) is 4. The molecule has 0 bridgehead atoms. The van der Waals surface area contributed by atoms with Gasteiger partial charge in [-0.05, 0) is 30.5 Å². The molecule has 0 aliphatic heterocycles. The summed E-state index contributed by atoms with van der Waals surface area (Å²) in [6.45, 7) is 1.44. The summed E-state index contributed by atoms with van der Waals surface area (Å²) in [4.78, 5) is 12.0. The number of aliphatic hydroxyl groups is 3. The second-order valence-electron chi connectivity index (χ2n) is 5.53. The molecule has 3 N–H and O–H groups in total. The SMILES string of the molecule is CC(=CCc1ccc(C=CC(=O)c2ccccc2)cc1)C(O)(O)O. The Labute approximate surface area is 141 Å². The van der Waals surface area contributed by atoms with Crippen molar-refractivity contribution in [3.05, 3.63) is 89.0 Å². The highest BCUT2D eigenvalue weighted by molar-refractivity contribution is 6.06. The van der Waals surface area contributed by atoms with E-state index in [-0.39, 0.29) is 11.4 Å². The van der Waals surface area contributed by atoms with Gasteiger partial charge in [0.05, 0.1) is 0 Å². The molecule has 0 fully saturated rings. The van der Waals surface area contributed by atoms with Crippen molar-refractivity contribution in [1.82, 2.24) is 0 Å². The van der Waals surface area contributed by atoms with Gasteiger partial charge in [0.2, 0.25) is 0 Å². The van der Waals surface area contributed by atoms with Gasteiger partial charge in [-0.1, -0.05) is 66.7 Å². The van der Waals surface area contributed by atoms with E-state index in [9.17, 15) is 4.79 Å². The van der Waals surface area contributed by atoms with E-state index in [1.165, 1.54) is 13.0 Å². The molecule has 0 aliphatic carbocycles. The standard InChI is InChI=1S/C20H20O4/c1-15(20(22,23)24)7-8-16-9-11-17(12-10-16)13-14-19(21)18-5-3-2-4-6-18/h2-7,9-14,22-24H,8H2,1H3. The maximum absolute atomic E-state index is 12.0. The lowest BCUT2D eigenvalue weighted by Crippen LogP contribution is -2.28. The molecule has 0 atom stereocenters. The van der Waals surface area contributed by atoms with Crippen LogP contribution < -0.4 is 0 Å². The van der Waals surface area contributed by atoms with E-state index in [1.807, 2.05) is 42.5 Å². The second kappa shape index (κ2) is 7.84. The average Bonchev–Trinajstić information content (AvgIpc) is 2.58. The summed E-state index contributed by atoms with van der Waals surface area (Å²) in [7, 11) is 0. The largest absolute Gasteiger partial charge is 0.340 e. The van der Waals surface area contributed by atoms with Crippen LogP contribution in [0.4, 0.5) is 0 Å². The van der Waals surface area contributed by atoms with Gasteiger partial charge in [0.15, 0.2) is 5.78 Å². The Morgan fingerprint density at radius 2 is 1.62 bits per heavy atom. The first-order valence-electron chi connectivity index (χ1n) is 7.57. The third-order valence-electron chi connectivity index (χ3n) is 3.64. The first-order chi connectivity index (χ1) is 11.4. The molecule has 124 valence electrons. The molecule has 0 aromatic heterocycles. The molecule has 0 saturated heterocycles.